The van der Waals surface area contributed by atoms with Crippen molar-refractivity contribution in [2.75, 3.05) is 0 Å². The third-order valence-corrected chi connectivity index (χ3v) is 2.31. The third kappa shape index (κ3) is 3.78. The van der Waals surface area contributed by atoms with Crippen LogP contribution in [0.1, 0.15) is 19.4 Å². The van der Waals surface area contributed by atoms with Gasteiger partial charge in [-0.25, -0.2) is 0 Å². The maximum absolute atomic E-state index is 5.77. The molecule has 62 valence electrons. The summed E-state index contributed by atoms with van der Waals surface area (Å²) in [5, 5.41) is 0.773. The Morgan fingerprint density at radius 1 is 1.27 bits per heavy atom. The van der Waals surface area contributed by atoms with Crippen molar-refractivity contribution in [1.82, 2.24) is 0 Å². The van der Waals surface area contributed by atoms with Crippen LogP contribution < -0.4 is 0 Å². The summed E-state index contributed by atoms with van der Waals surface area (Å²) < 4.78 is 0.953. The zero-order chi connectivity index (χ0) is 8.85. The summed E-state index contributed by atoms with van der Waals surface area (Å²) in [4.78, 5) is 0. The van der Waals surface area contributed by atoms with Crippen molar-refractivity contribution in [3.8, 4) is 0 Å². The Balaban J connectivity index is 0.000000461. The van der Waals surface area contributed by atoms with Crippen molar-refractivity contribution >= 4 is 27.5 Å². The second-order valence-corrected chi connectivity index (χ2v) is 3.18. The molecule has 1 aromatic rings. The van der Waals surface area contributed by atoms with E-state index in [9.17, 15) is 0 Å². The van der Waals surface area contributed by atoms with Gasteiger partial charge in [0, 0.05) is 4.47 Å². The molecule has 1 aromatic carbocycles. The summed E-state index contributed by atoms with van der Waals surface area (Å²) in [6.45, 7) is 6.01. The summed E-state index contributed by atoms with van der Waals surface area (Å²) in [5.41, 5.74) is 1.18. The predicted molar refractivity (Wildman–Crippen MR) is 55.2 cm³/mol. The molecule has 0 amide bonds. The molecule has 0 spiro atoms. The second-order valence-electron chi connectivity index (χ2n) is 1.92. The highest BCUT2D eigenvalue weighted by Gasteiger charge is 1.93. The van der Waals surface area contributed by atoms with Crippen molar-refractivity contribution in [3.05, 3.63) is 33.3 Å². The summed E-state index contributed by atoms with van der Waals surface area (Å²) in [5.74, 6) is 0. The van der Waals surface area contributed by atoms with E-state index in [0.717, 1.165) is 9.50 Å². The largest absolute Gasteiger partial charge is 0.0831 e. The molecule has 0 aliphatic heterocycles. The molecule has 0 nitrogen and oxygen atoms in total. The van der Waals surface area contributed by atoms with Crippen LogP contribution in [0.5, 0.6) is 0 Å². The van der Waals surface area contributed by atoms with Crippen molar-refractivity contribution in [2.45, 2.75) is 20.8 Å². The van der Waals surface area contributed by atoms with E-state index in [2.05, 4.69) is 15.9 Å². The van der Waals surface area contributed by atoms with E-state index in [1.807, 2.05) is 39.0 Å². The minimum absolute atomic E-state index is 0.773. The van der Waals surface area contributed by atoms with Gasteiger partial charge in [-0.15, -0.1) is 0 Å². The maximum Gasteiger partial charge on any atom is 0.0550 e. The van der Waals surface area contributed by atoms with Crippen molar-refractivity contribution < 1.29 is 0 Å². The monoisotopic (exact) mass is 234 g/mol. The molecule has 0 saturated carbocycles. The lowest BCUT2D eigenvalue weighted by molar-refractivity contribution is 1.46. The summed E-state index contributed by atoms with van der Waals surface area (Å²) in [7, 11) is 0. The van der Waals surface area contributed by atoms with Crippen molar-refractivity contribution in [2.24, 2.45) is 0 Å². The Morgan fingerprint density at radius 3 is 2.18 bits per heavy atom. The molecule has 0 saturated heterocycles. The fraction of sp³-hybridized carbons (Fsp3) is 0.333. The lowest BCUT2D eigenvalue weighted by atomic mass is 10.2. The molecule has 1 rings (SSSR count). The molecule has 0 aliphatic rings. The van der Waals surface area contributed by atoms with Gasteiger partial charge in [0.15, 0.2) is 0 Å². The van der Waals surface area contributed by atoms with Crippen LogP contribution in [0.4, 0.5) is 0 Å². The summed E-state index contributed by atoms with van der Waals surface area (Å²) in [6.07, 6.45) is 0. The molecule has 11 heavy (non-hydrogen) atoms. The van der Waals surface area contributed by atoms with Crippen LogP contribution in [-0.4, -0.2) is 0 Å². The van der Waals surface area contributed by atoms with E-state index < -0.39 is 0 Å². The number of halogens is 2. The number of aryl methyl sites for hydroxylation is 1. The zero-order valence-electron chi connectivity index (χ0n) is 6.99. The van der Waals surface area contributed by atoms with E-state index in [1.165, 1.54) is 5.56 Å². The topological polar surface area (TPSA) is 0 Å². The van der Waals surface area contributed by atoms with Crippen LogP contribution in [0.15, 0.2) is 22.7 Å². The van der Waals surface area contributed by atoms with E-state index in [-0.39, 0.29) is 0 Å². The highest BCUT2D eigenvalue weighted by atomic mass is 79.9. The van der Waals surface area contributed by atoms with Gasteiger partial charge in [-0.05, 0) is 40.5 Å². The molecule has 0 bridgehead atoms. The fourth-order valence-electron chi connectivity index (χ4n) is 0.601. The predicted octanol–water partition coefficient (Wildman–Crippen LogP) is 4.44. The molecule has 0 fully saturated rings. The first-order valence-electron chi connectivity index (χ1n) is 3.62. The Morgan fingerprint density at radius 2 is 1.82 bits per heavy atom. The maximum atomic E-state index is 5.77. The molecule has 0 unspecified atom stereocenters. The van der Waals surface area contributed by atoms with Crippen LogP contribution >= 0.6 is 27.5 Å². The average Bonchev–Trinajstić information content (AvgIpc) is 2.02. The van der Waals surface area contributed by atoms with Crippen molar-refractivity contribution in [3.63, 3.8) is 0 Å². The highest BCUT2D eigenvalue weighted by Crippen LogP contribution is 2.22. The first-order valence-corrected chi connectivity index (χ1v) is 4.79. The molecule has 0 atom stereocenters. The minimum Gasteiger partial charge on any atom is -0.0831 e. The van der Waals surface area contributed by atoms with Gasteiger partial charge in [-0.1, -0.05) is 31.5 Å². The molecular weight excluding hydrogens is 223 g/mol. The summed E-state index contributed by atoms with van der Waals surface area (Å²) >= 11 is 9.06. The lowest BCUT2D eigenvalue weighted by Gasteiger charge is -1.94. The van der Waals surface area contributed by atoms with Gasteiger partial charge < -0.3 is 0 Å². The highest BCUT2D eigenvalue weighted by molar-refractivity contribution is 9.10. The van der Waals surface area contributed by atoms with Crippen LogP contribution in [0.3, 0.4) is 0 Å². The Hall–Kier alpha value is -0.0100. The Bertz CT molecular complexity index is 221. The average molecular weight is 236 g/mol. The second kappa shape index (κ2) is 5.62. The molecule has 0 aromatic heterocycles. The summed E-state index contributed by atoms with van der Waals surface area (Å²) in [6, 6.07) is 5.87. The number of benzene rings is 1. The quantitative estimate of drug-likeness (QED) is 0.624. The van der Waals surface area contributed by atoms with Gasteiger partial charge >= 0.3 is 0 Å². The van der Waals surface area contributed by atoms with Gasteiger partial charge in [0.1, 0.15) is 0 Å². The molecule has 0 N–H and O–H groups in total. The van der Waals surface area contributed by atoms with E-state index in [1.54, 1.807) is 0 Å². The lowest BCUT2D eigenvalue weighted by Crippen LogP contribution is -1.71. The smallest absolute Gasteiger partial charge is 0.0550 e. The van der Waals surface area contributed by atoms with Crippen LogP contribution in [0.2, 0.25) is 5.02 Å². The Kier molecular flexibility index (Phi) is 5.61. The SMILES string of the molecule is CC.Cc1ccc(Br)c(Cl)c1. The van der Waals surface area contributed by atoms with E-state index in [4.69, 9.17) is 11.6 Å². The van der Waals surface area contributed by atoms with Gasteiger partial charge in [0.05, 0.1) is 5.02 Å². The van der Waals surface area contributed by atoms with Crippen LogP contribution in [-0.2, 0) is 0 Å². The number of hydrogen-bond acceptors (Lipinski definition) is 0. The normalized spacial score (nSPS) is 8.45. The standard InChI is InChI=1S/C7H6BrCl.C2H6/c1-5-2-3-6(8)7(9)4-5;1-2/h2-4H,1H3;1-2H3. The van der Waals surface area contributed by atoms with E-state index in [0.29, 0.717) is 0 Å². The van der Waals surface area contributed by atoms with Crippen molar-refractivity contribution in [1.29, 1.82) is 0 Å². The molecule has 0 heterocycles. The van der Waals surface area contributed by atoms with Crippen LogP contribution in [0, 0.1) is 6.92 Å². The third-order valence-electron chi connectivity index (χ3n) is 1.08. The van der Waals surface area contributed by atoms with Gasteiger partial charge in [0.2, 0.25) is 0 Å². The molecule has 0 radical (unpaired) electrons. The van der Waals surface area contributed by atoms with Gasteiger partial charge in [0.25, 0.3) is 0 Å². The molecule has 0 aliphatic carbocycles. The zero-order valence-corrected chi connectivity index (χ0v) is 9.33. The first kappa shape index (κ1) is 11.0. The van der Waals surface area contributed by atoms with Crippen LogP contribution in [0.25, 0.3) is 0 Å². The van der Waals surface area contributed by atoms with E-state index >= 15 is 0 Å². The number of hydrogen-bond donors (Lipinski definition) is 0. The number of rotatable bonds is 0. The minimum atomic E-state index is 0.773. The Labute approximate surface area is 81.7 Å². The van der Waals surface area contributed by atoms with Gasteiger partial charge in [-0.2, -0.15) is 0 Å². The molecular formula is C9H12BrCl. The fourth-order valence-corrected chi connectivity index (χ4v) is 1.08. The first-order chi connectivity index (χ1) is 5.20. The molecule has 2 heteroatoms. The van der Waals surface area contributed by atoms with Gasteiger partial charge in [-0.3, -0.25) is 0 Å².